The maximum absolute atomic E-state index is 12.8. The van der Waals surface area contributed by atoms with Crippen molar-refractivity contribution in [2.24, 2.45) is 34.5 Å². The van der Waals surface area contributed by atoms with Crippen LogP contribution in [0.15, 0.2) is 11.3 Å². The van der Waals surface area contributed by atoms with Gasteiger partial charge in [-0.15, -0.1) is 0 Å². The van der Waals surface area contributed by atoms with Crippen molar-refractivity contribution in [3.63, 3.8) is 0 Å². The van der Waals surface area contributed by atoms with Crippen LogP contribution in [0.4, 0.5) is 0 Å². The number of allylic oxidation sites excluding steroid dienone is 2. The normalized spacial score (nSPS) is 49.9. The minimum absolute atomic E-state index is 0.368. The number of fused-ring (bicyclic) bond motifs is 2. The van der Waals surface area contributed by atoms with Crippen molar-refractivity contribution in [3.8, 4) is 0 Å². The first-order valence-corrected chi connectivity index (χ1v) is 9.19. The Balaban J connectivity index is 1.41. The predicted octanol–water partition coefficient (Wildman–Crippen LogP) is 4.49. The SMILES string of the molecule is CC1(C)[C@@H]2C[C@@]3(CCC4=C(C[C@H]5[C@@H](C4)C5(C)C)O3)C(=O)C[C@@H]21. The van der Waals surface area contributed by atoms with Crippen molar-refractivity contribution in [3.05, 3.63) is 11.3 Å². The molecule has 4 aliphatic carbocycles. The fourth-order valence-electron chi connectivity index (χ4n) is 6.25. The van der Waals surface area contributed by atoms with Gasteiger partial charge in [0, 0.05) is 12.8 Å². The minimum atomic E-state index is -0.445. The quantitative estimate of drug-likeness (QED) is 0.659. The van der Waals surface area contributed by atoms with E-state index >= 15 is 0 Å². The first-order chi connectivity index (χ1) is 10.3. The summed E-state index contributed by atoms with van der Waals surface area (Å²) >= 11 is 0. The molecule has 0 aromatic heterocycles. The summed E-state index contributed by atoms with van der Waals surface area (Å²) in [6.45, 7) is 9.47. The number of ketones is 1. The summed E-state index contributed by atoms with van der Waals surface area (Å²) in [5.74, 6) is 4.64. The first-order valence-electron chi connectivity index (χ1n) is 9.19. The molecule has 5 aliphatic rings. The lowest BCUT2D eigenvalue weighted by Crippen LogP contribution is -2.46. The second-order valence-corrected chi connectivity index (χ2v) is 9.93. The van der Waals surface area contributed by atoms with Crippen LogP contribution >= 0.6 is 0 Å². The molecule has 120 valence electrons. The molecular weight excluding hydrogens is 272 g/mol. The largest absolute Gasteiger partial charge is 0.484 e. The van der Waals surface area contributed by atoms with E-state index in [2.05, 4.69) is 27.7 Å². The Bertz CT molecular complexity index is 611. The van der Waals surface area contributed by atoms with Gasteiger partial charge < -0.3 is 4.74 Å². The Morgan fingerprint density at radius 1 is 0.909 bits per heavy atom. The topological polar surface area (TPSA) is 26.3 Å². The smallest absolute Gasteiger partial charge is 0.176 e. The van der Waals surface area contributed by atoms with E-state index in [1.54, 1.807) is 5.57 Å². The molecule has 2 heteroatoms. The Labute approximate surface area is 133 Å². The molecule has 22 heavy (non-hydrogen) atoms. The zero-order valence-electron chi connectivity index (χ0n) is 14.4. The van der Waals surface area contributed by atoms with Crippen LogP contribution in [-0.4, -0.2) is 11.4 Å². The molecule has 3 fully saturated rings. The molecule has 0 N–H and O–H groups in total. The fourth-order valence-corrected chi connectivity index (χ4v) is 6.25. The van der Waals surface area contributed by atoms with E-state index in [-0.39, 0.29) is 0 Å². The van der Waals surface area contributed by atoms with Gasteiger partial charge >= 0.3 is 0 Å². The maximum Gasteiger partial charge on any atom is 0.176 e. The van der Waals surface area contributed by atoms with Crippen molar-refractivity contribution in [2.45, 2.75) is 71.8 Å². The number of carbonyl (C=O) groups is 1. The van der Waals surface area contributed by atoms with Gasteiger partial charge in [-0.3, -0.25) is 4.79 Å². The van der Waals surface area contributed by atoms with Crippen LogP contribution in [0.5, 0.6) is 0 Å². The molecule has 2 nitrogen and oxygen atoms in total. The van der Waals surface area contributed by atoms with Gasteiger partial charge in [-0.05, 0) is 65.8 Å². The Kier molecular flexibility index (Phi) is 2.26. The number of carbonyl (C=O) groups excluding carboxylic acids is 1. The number of rotatable bonds is 0. The van der Waals surface area contributed by atoms with Gasteiger partial charge in [0.25, 0.3) is 0 Å². The number of hydrogen-bond acceptors (Lipinski definition) is 2. The Morgan fingerprint density at radius 3 is 2.32 bits per heavy atom. The molecule has 0 unspecified atom stereocenters. The van der Waals surface area contributed by atoms with Gasteiger partial charge in [-0.1, -0.05) is 27.7 Å². The third-order valence-corrected chi connectivity index (χ3v) is 8.45. The lowest BCUT2D eigenvalue weighted by Gasteiger charge is -2.42. The standard InChI is InChI=1S/C20H28O2/c1-18(2)12-7-11-5-6-20(22-16(11)8-13(12)18)10-15-14(9-17(20)21)19(15,3)4/h12-15H,5-10H2,1-4H3/t12-,13+,14+,15-,20+/m1/s1. The van der Waals surface area contributed by atoms with Crippen LogP contribution < -0.4 is 0 Å². The Morgan fingerprint density at radius 2 is 1.55 bits per heavy atom. The van der Waals surface area contributed by atoms with E-state index in [1.807, 2.05) is 0 Å². The molecule has 0 bridgehead atoms. The van der Waals surface area contributed by atoms with Crippen molar-refractivity contribution < 1.29 is 9.53 Å². The van der Waals surface area contributed by atoms with Crippen LogP contribution in [-0.2, 0) is 9.53 Å². The van der Waals surface area contributed by atoms with Crippen LogP contribution in [0.25, 0.3) is 0 Å². The summed E-state index contributed by atoms with van der Waals surface area (Å²) in [6, 6.07) is 0. The van der Waals surface area contributed by atoms with E-state index in [1.165, 1.54) is 12.2 Å². The fraction of sp³-hybridized carbons (Fsp3) is 0.850. The molecule has 0 amide bonds. The molecule has 0 aromatic rings. The van der Waals surface area contributed by atoms with E-state index in [4.69, 9.17) is 4.74 Å². The third kappa shape index (κ3) is 1.50. The van der Waals surface area contributed by atoms with Crippen molar-refractivity contribution in [2.75, 3.05) is 0 Å². The molecule has 0 saturated heterocycles. The highest BCUT2D eigenvalue weighted by atomic mass is 16.5. The van der Waals surface area contributed by atoms with Gasteiger partial charge in [0.1, 0.15) is 0 Å². The molecule has 1 heterocycles. The van der Waals surface area contributed by atoms with Crippen molar-refractivity contribution in [1.82, 2.24) is 0 Å². The highest BCUT2D eigenvalue weighted by Crippen LogP contribution is 2.70. The molecule has 5 atom stereocenters. The summed E-state index contributed by atoms with van der Waals surface area (Å²) in [5.41, 5.74) is 1.96. The lowest BCUT2D eigenvalue weighted by atomic mass is 9.76. The highest BCUT2D eigenvalue weighted by molar-refractivity contribution is 5.89. The van der Waals surface area contributed by atoms with Crippen LogP contribution in [0.2, 0.25) is 0 Å². The minimum Gasteiger partial charge on any atom is -0.484 e. The van der Waals surface area contributed by atoms with E-state index in [0.29, 0.717) is 28.4 Å². The molecule has 1 aliphatic heterocycles. The van der Waals surface area contributed by atoms with Crippen LogP contribution in [0, 0.1) is 34.5 Å². The second-order valence-electron chi connectivity index (χ2n) is 9.93. The van der Waals surface area contributed by atoms with Gasteiger partial charge in [0.05, 0.1) is 5.76 Å². The summed E-state index contributed by atoms with van der Waals surface area (Å²) < 4.78 is 6.54. The van der Waals surface area contributed by atoms with Gasteiger partial charge in [0.2, 0.25) is 0 Å². The zero-order valence-corrected chi connectivity index (χ0v) is 14.4. The maximum atomic E-state index is 12.8. The van der Waals surface area contributed by atoms with Gasteiger partial charge in [-0.2, -0.15) is 0 Å². The van der Waals surface area contributed by atoms with E-state index < -0.39 is 5.60 Å². The van der Waals surface area contributed by atoms with Gasteiger partial charge in [-0.25, -0.2) is 0 Å². The van der Waals surface area contributed by atoms with Gasteiger partial charge in [0.15, 0.2) is 11.4 Å². The molecule has 0 radical (unpaired) electrons. The summed E-state index contributed by atoms with van der Waals surface area (Å²) in [4.78, 5) is 12.8. The van der Waals surface area contributed by atoms with E-state index in [0.717, 1.165) is 43.9 Å². The molecule has 5 rings (SSSR count). The lowest BCUT2D eigenvalue weighted by molar-refractivity contribution is -0.147. The summed E-state index contributed by atoms with van der Waals surface area (Å²) in [5, 5.41) is 0. The highest BCUT2D eigenvalue weighted by Gasteiger charge is 2.67. The number of Topliss-reactive ketones (excluding diaryl/α,β-unsaturated/α-hetero) is 1. The van der Waals surface area contributed by atoms with Crippen LogP contribution in [0.1, 0.15) is 66.2 Å². The van der Waals surface area contributed by atoms with Crippen molar-refractivity contribution >= 4 is 5.78 Å². The summed E-state index contributed by atoms with van der Waals surface area (Å²) in [7, 11) is 0. The van der Waals surface area contributed by atoms with Crippen molar-refractivity contribution in [1.29, 1.82) is 0 Å². The summed E-state index contributed by atoms with van der Waals surface area (Å²) in [6.07, 6.45) is 6.13. The number of ether oxygens (including phenoxy) is 1. The predicted molar refractivity (Wildman–Crippen MR) is 85.1 cm³/mol. The van der Waals surface area contributed by atoms with Crippen LogP contribution in [0.3, 0.4) is 0 Å². The average Bonchev–Trinajstić information content (AvgIpc) is 3.19. The number of hydrogen-bond donors (Lipinski definition) is 0. The first kappa shape index (κ1) is 13.6. The molecular formula is C20H28O2. The van der Waals surface area contributed by atoms with E-state index in [9.17, 15) is 4.79 Å². The average molecular weight is 300 g/mol. The molecule has 0 aromatic carbocycles. The second kappa shape index (κ2) is 3.65. The molecule has 3 saturated carbocycles. The zero-order chi connectivity index (χ0) is 15.5. The monoisotopic (exact) mass is 300 g/mol. The third-order valence-electron chi connectivity index (χ3n) is 8.45. The Hall–Kier alpha value is -0.790. The molecule has 1 spiro atoms.